The molecule has 0 aliphatic rings. The first-order valence-electron chi connectivity index (χ1n) is 5.60. The van der Waals surface area contributed by atoms with Crippen LogP contribution in [-0.4, -0.2) is 27.2 Å². The third-order valence-electron chi connectivity index (χ3n) is 1.95. The molecule has 1 atom stereocenters. The maximum Gasteiger partial charge on any atom is 0.186 e. The molecular weight excluding hydrogens is 228 g/mol. The van der Waals surface area contributed by atoms with Crippen molar-refractivity contribution in [1.29, 1.82) is 0 Å². The summed E-state index contributed by atoms with van der Waals surface area (Å²) >= 11 is 3.33. The Morgan fingerprint density at radius 3 is 2.60 bits per heavy atom. The average molecular weight is 250 g/mol. The summed E-state index contributed by atoms with van der Waals surface area (Å²) in [5, 5.41) is 8.90. The zero-order chi connectivity index (χ0) is 11.5. The van der Waals surface area contributed by atoms with Gasteiger partial charge in [-0.2, -0.15) is 0 Å². The lowest BCUT2D eigenvalue weighted by molar-refractivity contribution is -0.109. The van der Waals surface area contributed by atoms with E-state index in [9.17, 15) is 4.79 Å². The van der Waals surface area contributed by atoms with E-state index in [2.05, 4.69) is 6.92 Å². The molecule has 2 nitrogen and oxygen atoms in total. The van der Waals surface area contributed by atoms with Crippen LogP contribution in [0.1, 0.15) is 46.0 Å². The number of carbonyl (C=O) groups is 1. The molecule has 0 aromatic heterocycles. The van der Waals surface area contributed by atoms with Crippen molar-refractivity contribution in [2.45, 2.75) is 50.5 Å². The number of hydrogen-bond donors (Lipinski definition) is 1. The fraction of sp³-hybridized carbons (Fsp3) is 0.909. The van der Waals surface area contributed by atoms with Crippen LogP contribution in [0.4, 0.5) is 0 Å². The third kappa shape index (κ3) is 10.6. The van der Waals surface area contributed by atoms with Crippen molar-refractivity contribution in [2.24, 2.45) is 0 Å². The van der Waals surface area contributed by atoms with E-state index in [0.29, 0.717) is 4.58 Å². The van der Waals surface area contributed by atoms with E-state index in [4.69, 9.17) is 5.11 Å². The van der Waals surface area contributed by atoms with Gasteiger partial charge in [-0.05, 0) is 31.4 Å². The Labute approximate surface area is 102 Å². The topological polar surface area (TPSA) is 37.3 Å². The molecule has 0 aliphatic carbocycles. The van der Waals surface area contributed by atoms with Crippen LogP contribution in [0.5, 0.6) is 0 Å². The van der Waals surface area contributed by atoms with E-state index in [-0.39, 0.29) is 11.7 Å². The van der Waals surface area contributed by atoms with E-state index in [1.54, 1.807) is 6.92 Å². The van der Waals surface area contributed by atoms with E-state index in [0.717, 1.165) is 25.0 Å². The Balaban J connectivity index is 3.68. The van der Waals surface area contributed by atoms with Gasteiger partial charge in [0.15, 0.2) is 5.12 Å². The van der Waals surface area contributed by atoms with Gasteiger partial charge in [0.2, 0.25) is 0 Å². The minimum atomic E-state index is 0.202. The molecule has 0 bridgehead atoms. The zero-order valence-electron chi connectivity index (χ0n) is 9.70. The minimum Gasteiger partial charge on any atom is -0.396 e. The van der Waals surface area contributed by atoms with Crippen molar-refractivity contribution in [2.75, 3.05) is 12.4 Å². The lowest BCUT2D eigenvalue weighted by atomic mass is 10.3. The van der Waals surface area contributed by atoms with E-state index in [1.165, 1.54) is 24.6 Å². The van der Waals surface area contributed by atoms with Crippen LogP contribution in [0.15, 0.2) is 0 Å². The summed E-state index contributed by atoms with van der Waals surface area (Å²) in [5.74, 6) is 1.14. The maximum atomic E-state index is 11.0. The van der Waals surface area contributed by atoms with Gasteiger partial charge in [-0.1, -0.05) is 25.1 Å². The Bertz CT molecular complexity index is 153. The largest absolute Gasteiger partial charge is 0.396 e. The minimum absolute atomic E-state index is 0.202. The number of aliphatic hydroxyl groups excluding tert-OH is 1. The SMILES string of the molecule is CCCCSC(CCCCO)SC(C)=O. The smallest absolute Gasteiger partial charge is 0.186 e. The second-order valence-electron chi connectivity index (χ2n) is 3.48. The molecule has 90 valence electrons. The first-order chi connectivity index (χ1) is 7.20. The lowest BCUT2D eigenvalue weighted by Crippen LogP contribution is -2.02. The highest BCUT2D eigenvalue weighted by Gasteiger charge is 2.11. The lowest BCUT2D eigenvalue weighted by Gasteiger charge is -2.13. The maximum absolute atomic E-state index is 11.0. The summed E-state index contributed by atoms with van der Waals surface area (Å²) in [6.07, 6.45) is 5.32. The molecule has 0 radical (unpaired) electrons. The Morgan fingerprint density at radius 2 is 2.07 bits per heavy atom. The predicted octanol–water partition coefficient (Wildman–Crippen LogP) is 3.29. The van der Waals surface area contributed by atoms with Gasteiger partial charge in [0.05, 0.1) is 4.58 Å². The van der Waals surface area contributed by atoms with Crippen molar-refractivity contribution in [3.05, 3.63) is 0 Å². The molecule has 0 saturated carbocycles. The molecule has 0 aliphatic heterocycles. The number of rotatable bonds is 9. The summed E-state index contributed by atoms with van der Waals surface area (Å²) in [4.78, 5) is 11.0. The normalized spacial score (nSPS) is 12.7. The monoisotopic (exact) mass is 250 g/mol. The van der Waals surface area contributed by atoms with Crippen LogP contribution in [0.3, 0.4) is 0 Å². The summed E-state index contributed by atoms with van der Waals surface area (Å²) in [6.45, 7) is 4.07. The molecule has 0 spiro atoms. The third-order valence-corrected chi connectivity index (χ3v) is 4.61. The summed E-state index contributed by atoms with van der Waals surface area (Å²) in [7, 11) is 0. The van der Waals surface area contributed by atoms with Gasteiger partial charge in [-0.3, -0.25) is 4.79 Å². The van der Waals surface area contributed by atoms with Crippen molar-refractivity contribution in [3.8, 4) is 0 Å². The molecular formula is C11H22O2S2. The number of thioether (sulfide) groups is 2. The van der Waals surface area contributed by atoms with Crippen LogP contribution in [-0.2, 0) is 4.79 Å². The van der Waals surface area contributed by atoms with Crippen LogP contribution in [0, 0.1) is 0 Å². The second kappa shape index (κ2) is 10.8. The fourth-order valence-corrected chi connectivity index (χ4v) is 3.82. The van der Waals surface area contributed by atoms with E-state index < -0.39 is 0 Å². The molecule has 0 aromatic carbocycles. The highest BCUT2D eigenvalue weighted by molar-refractivity contribution is 8.24. The first kappa shape index (κ1) is 15.3. The van der Waals surface area contributed by atoms with Crippen molar-refractivity contribution < 1.29 is 9.90 Å². The standard InChI is InChI=1S/C11H22O2S2/c1-3-4-9-14-11(15-10(2)13)7-5-6-8-12/h11-12H,3-9H2,1-2H3. The summed E-state index contributed by atoms with van der Waals surface area (Å²) in [5.41, 5.74) is 0. The first-order valence-corrected chi connectivity index (χ1v) is 7.53. The summed E-state index contributed by atoms with van der Waals surface area (Å²) in [6, 6.07) is 0. The zero-order valence-corrected chi connectivity index (χ0v) is 11.3. The van der Waals surface area contributed by atoms with Gasteiger partial charge in [0, 0.05) is 13.5 Å². The fourth-order valence-electron chi connectivity index (χ4n) is 1.14. The molecule has 0 rings (SSSR count). The molecule has 0 saturated heterocycles. The number of carbonyl (C=O) groups excluding carboxylic acids is 1. The van der Waals surface area contributed by atoms with E-state index >= 15 is 0 Å². The van der Waals surface area contributed by atoms with Crippen LogP contribution in [0.2, 0.25) is 0 Å². The molecule has 0 fully saturated rings. The Kier molecular flexibility index (Phi) is 11.1. The van der Waals surface area contributed by atoms with Gasteiger partial charge < -0.3 is 5.11 Å². The van der Waals surface area contributed by atoms with Crippen LogP contribution >= 0.6 is 23.5 Å². The Morgan fingerprint density at radius 1 is 1.33 bits per heavy atom. The molecule has 1 N–H and O–H groups in total. The van der Waals surface area contributed by atoms with Crippen LogP contribution < -0.4 is 0 Å². The molecule has 0 amide bonds. The summed E-state index contributed by atoms with van der Waals surface area (Å²) < 4.78 is 0.389. The molecule has 1 unspecified atom stereocenters. The van der Waals surface area contributed by atoms with Crippen molar-refractivity contribution in [1.82, 2.24) is 0 Å². The Hall–Kier alpha value is 0.330. The van der Waals surface area contributed by atoms with Gasteiger partial charge in [-0.25, -0.2) is 0 Å². The van der Waals surface area contributed by atoms with Crippen LogP contribution in [0.25, 0.3) is 0 Å². The number of aliphatic hydroxyl groups is 1. The molecule has 0 aromatic rings. The highest BCUT2D eigenvalue weighted by Crippen LogP contribution is 2.29. The van der Waals surface area contributed by atoms with Crippen molar-refractivity contribution in [3.63, 3.8) is 0 Å². The second-order valence-corrected chi connectivity index (χ2v) is 6.47. The molecule has 0 heterocycles. The predicted molar refractivity (Wildman–Crippen MR) is 70.4 cm³/mol. The van der Waals surface area contributed by atoms with Crippen molar-refractivity contribution >= 4 is 28.6 Å². The van der Waals surface area contributed by atoms with Gasteiger partial charge >= 0.3 is 0 Å². The number of hydrogen-bond acceptors (Lipinski definition) is 4. The average Bonchev–Trinajstić information content (AvgIpc) is 2.17. The highest BCUT2D eigenvalue weighted by atomic mass is 32.2. The molecule has 15 heavy (non-hydrogen) atoms. The van der Waals surface area contributed by atoms with Gasteiger partial charge in [0.1, 0.15) is 0 Å². The molecule has 4 heteroatoms. The number of unbranched alkanes of at least 4 members (excludes halogenated alkanes) is 2. The quantitative estimate of drug-likeness (QED) is 0.503. The van der Waals surface area contributed by atoms with Gasteiger partial charge in [0.25, 0.3) is 0 Å². The van der Waals surface area contributed by atoms with Gasteiger partial charge in [-0.15, -0.1) is 11.8 Å². The van der Waals surface area contributed by atoms with E-state index in [1.807, 2.05) is 11.8 Å².